The van der Waals surface area contributed by atoms with Crippen molar-refractivity contribution in [1.29, 1.82) is 0 Å². The highest BCUT2D eigenvalue weighted by Gasteiger charge is 2.48. The number of nitrogens with zero attached hydrogens (tertiary/aromatic N) is 1. The maximum absolute atomic E-state index is 13.3. The fraction of sp³-hybridized carbons (Fsp3) is 0.571. The molecule has 2 rings (SSSR count). The van der Waals surface area contributed by atoms with Crippen LogP contribution in [0.25, 0.3) is 0 Å². The molecule has 2 unspecified atom stereocenters. The molecule has 0 saturated heterocycles. The summed E-state index contributed by atoms with van der Waals surface area (Å²) in [6.07, 6.45) is 1.02. The Morgan fingerprint density at radius 1 is 1.55 bits per heavy atom. The Hall–Kier alpha value is -1.69. The number of rotatable bonds is 5. The van der Waals surface area contributed by atoms with Crippen molar-refractivity contribution in [3.05, 3.63) is 34.1 Å². The fourth-order valence-corrected chi connectivity index (χ4v) is 2.56. The van der Waals surface area contributed by atoms with Crippen LogP contribution in [-0.4, -0.2) is 23.7 Å². The summed E-state index contributed by atoms with van der Waals surface area (Å²) in [5, 5.41) is 14.0. The van der Waals surface area contributed by atoms with Crippen LogP contribution in [0.15, 0.2) is 18.2 Å². The van der Waals surface area contributed by atoms with Gasteiger partial charge >= 0.3 is 5.69 Å². The molecule has 1 saturated carbocycles. The second kappa shape index (κ2) is 5.36. The van der Waals surface area contributed by atoms with Gasteiger partial charge < -0.3 is 10.1 Å². The first-order valence-electron chi connectivity index (χ1n) is 6.68. The van der Waals surface area contributed by atoms with Crippen LogP contribution in [0.5, 0.6) is 0 Å². The Balaban J connectivity index is 2.09. The van der Waals surface area contributed by atoms with Gasteiger partial charge in [-0.1, -0.05) is 13.8 Å². The Labute approximate surface area is 117 Å². The molecule has 0 amide bonds. The average molecular weight is 282 g/mol. The van der Waals surface area contributed by atoms with Gasteiger partial charge in [0.05, 0.1) is 11.0 Å². The van der Waals surface area contributed by atoms with Crippen LogP contribution in [0.3, 0.4) is 0 Å². The van der Waals surface area contributed by atoms with Crippen molar-refractivity contribution in [3.63, 3.8) is 0 Å². The average Bonchev–Trinajstić information content (AvgIpc) is 2.39. The Bertz CT molecular complexity index is 519. The molecule has 0 radical (unpaired) electrons. The van der Waals surface area contributed by atoms with Gasteiger partial charge in [-0.15, -0.1) is 0 Å². The summed E-state index contributed by atoms with van der Waals surface area (Å²) in [7, 11) is 0. The lowest BCUT2D eigenvalue weighted by molar-refractivity contribution is -0.387. The smallest absolute Gasteiger partial charge is 0.306 e. The van der Waals surface area contributed by atoms with E-state index in [1.54, 1.807) is 0 Å². The van der Waals surface area contributed by atoms with Gasteiger partial charge in [0.25, 0.3) is 0 Å². The molecule has 1 aliphatic carbocycles. The third kappa shape index (κ3) is 2.60. The zero-order valence-electron chi connectivity index (χ0n) is 11.9. The maximum atomic E-state index is 13.3. The lowest BCUT2D eigenvalue weighted by Crippen LogP contribution is -2.58. The normalized spacial score (nSPS) is 24.0. The van der Waals surface area contributed by atoms with Crippen molar-refractivity contribution in [2.75, 3.05) is 11.9 Å². The van der Waals surface area contributed by atoms with E-state index < -0.39 is 16.4 Å². The van der Waals surface area contributed by atoms with E-state index in [0.29, 0.717) is 12.3 Å². The third-order valence-corrected chi connectivity index (χ3v) is 4.03. The molecule has 5 nitrogen and oxygen atoms in total. The summed E-state index contributed by atoms with van der Waals surface area (Å²) in [6, 6.07) is 4.03. The number of hydrogen-bond donors (Lipinski definition) is 1. The minimum Gasteiger partial charge on any atom is -0.381 e. The zero-order chi connectivity index (χ0) is 14.9. The third-order valence-electron chi connectivity index (χ3n) is 4.03. The summed E-state index contributed by atoms with van der Waals surface area (Å²) >= 11 is 0. The molecule has 0 heterocycles. The van der Waals surface area contributed by atoms with Crippen molar-refractivity contribution >= 4 is 11.4 Å². The minimum absolute atomic E-state index is 0.0564. The number of nitro benzene ring substituents is 1. The maximum Gasteiger partial charge on any atom is 0.306 e. The summed E-state index contributed by atoms with van der Waals surface area (Å²) < 4.78 is 18.9. The van der Waals surface area contributed by atoms with Gasteiger partial charge in [-0.05, 0) is 25.5 Å². The molecule has 1 N–H and O–H groups in total. The lowest BCUT2D eigenvalue weighted by atomic mass is 9.64. The van der Waals surface area contributed by atoms with E-state index in [0.717, 1.165) is 12.5 Å². The summed E-state index contributed by atoms with van der Waals surface area (Å²) in [6.45, 7) is 6.81. The molecule has 110 valence electrons. The molecular weight excluding hydrogens is 263 g/mol. The van der Waals surface area contributed by atoms with Crippen LogP contribution in [0.4, 0.5) is 15.8 Å². The van der Waals surface area contributed by atoms with E-state index in [1.807, 2.05) is 6.92 Å². The Morgan fingerprint density at radius 3 is 2.80 bits per heavy atom. The first-order chi connectivity index (χ1) is 9.36. The van der Waals surface area contributed by atoms with Crippen molar-refractivity contribution in [3.8, 4) is 0 Å². The zero-order valence-corrected chi connectivity index (χ0v) is 11.9. The predicted molar refractivity (Wildman–Crippen MR) is 74.3 cm³/mol. The molecule has 1 aliphatic rings. The van der Waals surface area contributed by atoms with Crippen molar-refractivity contribution in [2.24, 2.45) is 5.41 Å². The quantitative estimate of drug-likeness (QED) is 0.664. The molecule has 1 aromatic rings. The standard InChI is InChI=1S/C14H19FN2O3/c1-4-20-13-8-12(14(13,2)3)16-9-5-6-10(15)11(7-9)17(18)19/h5-7,12-13,16H,4,8H2,1-3H3. The van der Waals surface area contributed by atoms with Gasteiger partial charge in [0, 0.05) is 29.8 Å². The number of benzene rings is 1. The van der Waals surface area contributed by atoms with Crippen molar-refractivity contribution in [2.45, 2.75) is 39.3 Å². The van der Waals surface area contributed by atoms with Crippen molar-refractivity contribution in [1.82, 2.24) is 0 Å². The topological polar surface area (TPSA) is 64.4 Å². The molecular formula is C14H19FN2O3. The molecule has 1 aromatic carbocycles. The number of halogens is 1. The summed E-state index contributed by atoms with van der Waals surface area (Å²) in [4.78, 5) is 10.0. The molecule has 0 aromatic heterocycles. The number of nitro groups is 1. The van der Waals surface area contributed by atoms with Crippen LogP contribution >= 0.6 is 0 Å². The van der Waals surface area contributed by atoms with Gasteiger partial charge in [-0.2, -0.15) is 4.39 Å². The highest BCUT2D eigenvalue weighted by molar-refractivity contribution is 5.53. The first-order valence-corrected chi connectivity index (χ1v) is 6.68. The van der Waals surface area contributed by atoms with E-state index in [1.165, 1.54) is 12.1 Å². The number of hydrogen-bond acceptors (Lipinski definition) is 4. The van der Waals surface area contributed by atoms with Crippen LogP contribution in [0.2, 0.25) is 0 Å². The van der Waals surface area contributed by atoms with Gasteiger partial charge in [0.2, 0.25) is 5.82 Å². The van der Waals surface area contributed by atoms with Gasteiger partial charge in [-0.25, -0.2) is 0 Å². The second-order valence-electron chi connectivity index (χ2n) is 5.62. The Morgan fingerprint density at radius 2 is 2.25 bits per heavy atom. The fourth-order valence-electron chi connectivity index (χ4n) is 2.56. The molecule has 1 fully saturated rings. The minimum atomic E-state index is -0.819. The molecule has 20 heavy (non-hydrogen) atoms. The van der Waals surface area contributed by atoms with Crippen LogP contribution in [0.1, 0.15) is 27.2 Å². The van der Waals surface area contributed by atoms with Crippen LogP contribution < -0.4 is 5.32 Å². The monoisotopic (exact) mass is 282 g/mol. The van der Waals surface area contributed by atoms with Crippen molar-refractivity contribution < 1.29 is 14.1 Å². The molecule has 6 heteroatoms. The van der Waals surface area contributed by atoms with E-state index in [-0.39, 0.29) is 17.6 Å². The highest BCUT2D eigenvalue weighted by atomic mass is 19.1. The summed E-state index contributed by atoms with van der Waals surface area (Å²) in [5.74, 6) is -0.819. The molecule has 0 bridgehead atoms. The number of ether oxygens (including phenoxy) is 1. The van der Waals surface area contributed by atoms with Gasteiger partial charge in [-0.3, -0.25) is 10.1 Å². The molecule has 2 atom stereocenters. The Kier molecular flexibility index (Phi) is 3.94. The van der Waals surface area contributed by atoms with E-state index in [2.05, 4.69) is 19.2 Å². The summed E-state index contributed by atoms with van der Waals surface area (Å²) in [5.41, 5.74) is -0.00118. The first kappa shape index (κ1) is 14.7. The molecule has 0 spiro atoms. The second-order valence-corrected chi connectivity index (χ2v) is 5.62. The largest absolute Gasteiger partial charge is 0.381 e. The molecule has 0 aliphatic heterocycles. The number of anilines is 1. The predicted octanol–water partition coefficient (Wildman–Crippen LogP) is 3.35. The van der Waals surface area contributed by atoms with Crippen LogP contribution in [0, 0.1) is 21.3 Å². The van der Waals surface area contributed by atoms with E-state index >= 15 is 0 Å². The lowest BCUT2D eigenvalue weighted by Gasteiger charge is -2.52. The highest BCUT2D eigenvalue weighted by Crippen LogP contribution is 2.44. The van der Waals surface area contributed by atoms with Crippen LogP contribution in [-0.2, 0) is 4.74 Å². The number of nitrogens with one attached hydrogen (secondary N) is 1. The van der Waals surface area contributed by atoms with Gasteiger partial charge in [0.15, 0.2) is 0 Å². The van der Waals surface area contributed by atoms with E-state index in [9.17, 15) is 14.5 Å². The van der Waals surface area contributed by atoms with E-state index in [4.69, 9.17) is 4.74 Å². The SMILES string of the molecule is CCOC1CC(Nc2ccc(F)c([N+](=O)[O-])c2)C1(C)C. The van der Waals surface area contributed by atoms with Gasteiger partial charge in [0.1, 0.15) is 0 Å².